The van der Waals surface area contributed by atoms with Crippen LogP contribution in [0.15, 0.2) is 40.8 Å². The molecule has 0 aliphatic rings. The first-order valence-electron chi connectivity index (χ1n) is 5.90. The van der Waals surface area contributed by atoms with Crippen molar-refractivity contribution in [3.05, 3.63) is 41.3 Å². The molecule has 0 heterocycles. The quantitative estimate of drug-likeness (QED) is 0.243. The molecule has 0 amide bonds. The summed E-state index contributed by atoms with van der Waals surface area (Å²) in [6.45, 7) is 4.10. The van der Waals surface area contributed by atoms with Gasteiger partial charge in [0.05, 0.1) is 31.2 Å². The molecular weight excluding hydrogens is 274 g/mol. The third-order valence-corrected chi connectivity index (χ3v) is 3.09. The highest BCUT2D eigenvalue weighted by molar-refractivity contribution is 8.16. The van der Waals surface area contributed by atoms with Gasteiger partial charge in [-0.3, -0.25) is 9.79 Å². The summed E-state index contributed by atoms with van der Waals surface area (Å²) >= 11 is 1.25. The highest BCUT2D eigenvalue weighted by atomic mass is 32.2. The summed E-state index contributed by atoms with van der Waals surface area (Å²) in [5.41, 5.74) is 2.43. The average Bonchev–Trinajstić information content (AvgIpc) is 2.50. The maximum Gasteiger partial charge on any atom is 0.156 e. The monoisotopic (exact) mass is 291 g/mol. The summed E-state index contributed by atoms with van der Waals surface area (Å²) < 4.78 is 10.4. The lowest BCUT2D eigenvalue weighted by atomic mass is 10.2. The van der Waals surface area contributed by atoms with E-state index in [9.17, 15) is 4.79 Å². The number of thioether (sulfide) groups is 1. The predicted octanol–water partition coefficient (Wildman–Crippen LogP) is 3.19. The van der Waals surface area contributed by atoms with Gasteiger partial charge >= 0.3 is 0 Å². The van der Waals surface area contributed by atoms with Crippen molar-refractivity contribution in [1.29, 1.82) is 0 Å². The van der Waals surface area contributed by atoms with E-state index in [0.29, 0.717) is 22.9 Å². The number of nitrogens with zero attached hydrogens (tertiary/aromatic N) is 1. The van der Waals surface area contributed by atoms with Crippen LogP contribution in [0, 0.1) is 0 Å². The molecular formula is C15H17NO3S. The molecule has 0 aliphatic heterocycles. The standard InChI is InChI=1S/C15H17NO3S/c1-4-7-16-11-20-14(10-17)8-12-5-6-13(18-2)9-15(12)19-3/h4-6,8-11H,1,7H2,2-3H3/b14-8+,16-11?. The van der Waals surface area contributed by atoms with Crippen LogP contribution in [0.1, 0.15) is 5.56 Å². The summed E-state index contributed by atoms with van der Waals surface area (Å²) in [4.78, 5) is 15.7. The van der Waals surface area contributed by atoms with Gasteiger partial charge in [0.25, 0.3) is 0 Å². The van der Waals surface area contributed by atoms with Crippen LogP contribution in [0.4, 0.5) is 0 Å². The van der Waals surface area contributed by atoms with E-state index in [1.807, 2.05) is 12.1 Å². The minimum atomic E-state index is 0.533. The molecule has 20 heavy (non-hydrogen) atoms. The molecule has 0 unspecified atom stereocenters. The zero-order valence-corrected chi connectivity index (χ0v) is 12.4. The Morgan fingerprint density at radius 1 is 1.40 bits per heavy atom. The van der Waals surface area contributed by atoms with Crippen molar-refractivity contribution in [3.8, 4) is 11.5 Å². The van der Waals surface area contributed by atoms with E-state index in [-0.39, 0.29) is 0 Å². The van der Waals surface area contributed by atoms with Crippen LogP contribution < -0.4 is 9.47 Å². The number of hydrogen-bond acceptors (Lipinski definition) is 5. The molecule has 106 valence electrons. The van der Waals surface area contributed by atoms with Crippen LogP contribution in [0.3, 0.4) is 0 Å². The van der Waals surface area contributed by atoms with Crippen molar-refractivity contribution in [3.63, 3.8) is 0 Å². The number of carbonyl (C=O) groups is 1. The minimum absolute atomic E-state index is 0.533. The molecule has 0 atom stereocenters. The number of aliphatic imine (C=N–C) groups is 1. The van der Waals surface area contributed by atoms with E-state index in [1.54, 1.807) is 38.0 Å². The molecule has 4 nitrogen and oxygen atoms in total. The third-order valence-electron chi connectivity index (χ3n) is 2.35. The summed E-state index contributed by atoms with van der Waals surface area (Å²) in [6, 6.07) is 5.42. The van der Waals surface area contributed by atoms with Crippen LogP contribution >= 0.6 is 11.8 Å². The number of ether oxygens (including phenoxy) is 2. The zero-order chi connectivity index (χ0) is 14.8. The number of methoxy groups -OCH3 is 2. The van der Waals surface area contributed by atoms with Crippen LogP contribution in [0.2, 0.25) is 0 Å². The topological polar surface area (TPSA) is 47.9 Å². The molecule has 0 bridgehead atoms. The van der Waals surface area contributed by atoms with Gasteiger partial charge in [0, 0.05) is 11.6 Å². The number of aldehydes is 1. The van der Waals surface area contributed by atoms with Gasteiger partial charge in [-0.15, -0.1) is 6.58 Å². The Balaban J connectivity index is 2.94. The first-order chi connectivity index (χ1) is 9.74. The fourth-order valence-corrected chi connectivity index (χ4v) is 1.94. The van der Waals surface area contributed by atoms with Gasteiger partial charge in [-0.05, 0) is 18.2 Å². The normalized spacial score (nSPS) is 11.4. The third kappa shape index (κ3) is 4.93. The van der Waals surface area contributed by atoms with Crippen LogP contribution in [0.25, 0.3) is 6.08 Å². The number of allylic oxidation sites excluding steroid dienone is 1. The smallest absolute Gasteiger partial charge is 0.156 e. The first-order valence-corrected chi connectivity index (χ1v) is 6.77. The molecule has 1 aromatic rings. The Hall–Kier alpha value is -2.01. The summed E-state index contributed by atoms with van der Waals surface area (Å²) in [5.74, 6) is 1.35. The number of rotatable bonds is 8. The average molecular weight is 291 g/mol. The van der Waals surface area contributed by atoms with Gasteiger partial charge in [-0.2, -0.15) is 0 Å². The molecule has 0 aromatic heterocycles. The second-order valence-electron chi connectivity index (χ2n) is 3.65. The Labute approximate surface area is 123 Å². The molecule has 0 aliphatic carbocycles. The van der Waals surface area contributed by atoms with E-state index in [4.69, 9.17) is 9.47 Å². The molecule has 0 N–H and O–H groups in total. The fourth-order valence-electron chi connectivity index (χ4n) is 1.40. The maximum atomic E-state index is 11.1. The Morgan fingerprint density at radius 2 is 2.20 bits per heavy atom. The lowest BCUT2D eigenvalue weighted by Gasteiger charge is -2.07. The van der Waals surface area contributed by atoms with Crippen molar-refractivity contribution >= 4 is 29.7 Å². The van der Waals surface area contributed by atoms with Crippen LogP contribution in [0.5, 0.6) is 11.5 Å². The molecule has 1 aromatic carbocycles. The predicted molar refractivity (Wildman–Crippen MR) is 84.7 cm³/mol. The van der Waals surface area contributed by atoms with Gasteiger partial charge in [-0.1, -0.05) is 17.8 Å². The summed E-state index contributed by atoms with van der Waals surface area (Å²) in [6.07, 6.45) is 4.22. The molecule has 0 saturated carbocycles. The van der Waals surface area contributed by atoms with Gasteiger partial charge in [0.15, 0.2) is 6.29 Å². The van der Waals surface area contributed by atoms with Gasteiger partial charge < -0.3 is 9.47 Å². The molecule has 0 radical (unpaired) electrons. The van der Waals surface area contributed by atoms with E-state index in [0.717, 1.165) is 11.8 Å². The number of hydrogen-bond donors (Lipinski definition) is 0. The Morgan fingerprint density at radius 3 is 2.80 bits per heavy atom. The first kappa shape index (κ1) is 16.0. The van der Waals surface area contributed by atoms with Gasteiger partial charge in [0.1, 0.15) is 11.5 Å². The van der Waals surface area contributed by atoms with Crippen molar-refractivity contribution in [2.75, 3.05) is 20.8 Å². The van der Waals surface area contributed by atoms with Crippen molar-refractivity contribution < 1.29 is 14.3 Å². The Kier molecular flexibility index (Phi) is 7.21. The zero-order valence-electron chi connectivity index (χ0n) is 11.5. The van der Waals surface area contributed by atoms with Crippen molar-refractivity contribution in [1.82, 2.24) is 0 Å². The van der Waals surface area contributed by atoms with Gasteiger partial charge in [-0.25, -0.2) is 0 Å². The van der Waals surface area contributed by atoms with Crippen molar-refractivity contribution in [2.45, 2.75) is 0 Å². The SMILES string of the molecule is C=CCN=CS/C(C=O)=C/c1ccc(OC)cc1OC. The molecule has 1 rings (SSSR count). The van der Waals surface area contributed by atoms with E-state index in [2.05, 4.69) is 11.6 Å². The highest BCUT2D eigenvalue weighted by Crippen LogP contribution is 2.27. The largest absolute Gasteiger partial charge is 0.497 e. The second-order valence-corrected chi connectivity index (χ2v) is 4.57. The number of carbonyl (C=O) groups excluding carboxylic acids is 1. The van der Waals surface area contributed by atoms with Crippen LogP contribution in [-0.2, 0) is 4.79 Å². The lowest BCUT2D eigenvalue weighted by molar-refractivity contribution is -0.104. The fraction of sp³-hybridized carbons (Fsp3) is 0.200. The van der Waals surface area contributed by atoms with Crippen molar-refractivity contribution in [2.24, 2.45) is 4.99 Å². The van der Waals surface area contributed by atoms with E-state index in [1.165, 1.54) is 11.8 Å². The maximum absolute atomic E-state index is 11.1. The molecule has 5 heteroatoms. The molecule has 0 spiro atoms. The molecule has 0 saturated heterocycles. The van der Waals surface area contributed by atoms with E-state index >= 15 is 0 Å². The summed E-state index contributed by atoms with van der Waals surface area (Å²) in [7, 11) is 3.17. The number of benzene rings is 1. The van der Waals surface area contributed by atoms with Gasteiger partial charge in [0.2, 0.25) is 0 Å². The minimum Gasteiger partial charge on any atom is -0.497 e. The second kappa shape index (κ2) is 8.98. The molecule has 0 fully saturated rings. The van der Waals surface area contributed by atoms with Crippen LogP contribution in [-0.4, -0.2) is 32.6 Å². The Bertz CT molecular complexity index is 524. The summed E-state index contributed by atoms with van der Waals surface area (Å²) in [5, 5.41) is 0. The highest BCUT2D eigenvalue weighted by Gasteiger charge is 2.04. The lowest BCUT2D eigenvalue weighted by Crippen LogP contribution is -1.90. The van der Waals surface area contributed by atoms with E-state index < -0.39 is 0 Å².